The molecule has 0 aromatic heterocycles. The summed E-state index contributed by atoms with van der Waals surface area (Å²) in [6.07, 6.45) is 5.99. The van der Waals surface area contributed by atoms with Gasteiger partial charge < -0.3 is 10.2 Å². The van der Waals surface area contributed by atoms with Crippen LogP contribution < -0.4 is 10.2 Å². The minimum absolute atomic E-state index is 0.452. The van der Waals surface area contributed by atoms with Crippen molar-refractivity contribution in [1.82, 2.24) is 5.32 Å². The number of nitrogens with zero attached hydrogens (tertiary/aromatic N) is 1. The largest absolute Gasteiger partial charge is 0.374 e. The number of nitrogens with one attached hydrogen (secondary N) is 1. The molecule has 1 unspecified atom stereocenters. The Kier molecular flexibility index (Phi) is 5.24. The fraction of sp³-hybridized carbons (Fsp3) is 0.556. The Labute approximate surface area is 123 Å². The van der Waals surface area contributed by atoms with Crippen LogP contribution in [0.1, 0.15) is 44.7 Å². The second kappa shape index (κ2) is 6.94. The maximum atomic E-state index is 3.55. The van der Waals surface area contributed by atoms with E-state index in [4.69, 9.17) is 0 Å². The maximum Gasteiger partial charge on any atom is 0.0396 e. The van der Waals surface area contributed by atoms with Crippen LogP contribution in [0, 0.1) is 0 Å². The molecular weight excluding hydrogens is 244 g/mol. The predicted octanol–water partition coefficient (Wildman–Crippen LogP) is 3.86. The third-order valence-corrected chi connectivity index (χ3v) is 4.23. The first kappa shape index (κ1) is 15.1. The van der Waals surface area contributed by atoms with Crippen LogP contribution in [0.3, 0.4) is 0 Å². The summed E-state index contributed by atoms with van der Waals surface area (Å²) in [6.45, 7) is 8.94. The summed E-state index contributed by atoms with van der Waals surface area (Å²) in [4.78, 5) is 2.37. The van der Waals surface area contributed by atoms with Gasteiger partial charge in [0.2, 0.25) is 0 Å². The van der Waals surface area contributed by atoms with Gasteiger partial charge in [0, 0.05) is 25.3 Å². The van der Waals surface area contributed by atoms with E-state index in [1.165, 1.54) is 48.2 Å². The zero-order chi connectivity index (χ0) is 14.5. The number of rotatable bonds is 5. The van der Waals surface area contributed by atoms with Crippen molar-refractivity contribution in [2.45, 2.75) is 46.1 Å². The van der Waals surface area contributed by atoms with Crippen molar-refractivity contribution in [3.8, 4) is 0 Å². The molecule has 1 aliphatic heterocycles. The van der Waals surface area contributed by atoms with Crippen molar-refractivity contribution in [2.24, 2.45) is 0 Å². The van der Waals surface area contributed by atoms with Crippen LogP contribution in [0.2, 0.25) is 0 Å². The standard InChI is InChI=1S/C18H28N2/c1-5-10-19-15(3)14(2)12-16-8-9-18-17(13-16)7-6-11-20(18)4/h8-9,12-13,15,19H,5-7,10-11H2,1-4H3/b14-12+. The van der Waals surface area contributed by atoms with E-state index in [9.17, 15) is 0 Å². The summed E-state index contributed by atoms with van der Waals surface area (Å²) in [5.74, 6) is 0. The SMILES string of the molecule is CCCNC(C)/C(C)=C/c1ccc2c(c1)CCCN2C. The Bertz CT molecular complexity index is 476. The average Bonchev–Trinajstić information content (AvgIpc) is 2.44. The molecule has 1 N–H and O–H groups in total. The van der Waals surface area contributed by atoms with E-state index in [0.717, 1.165) is 6.54 Å². The van der Waals surface area contributed by atoms with Crippen LogP contribution in [0.5, 0.6) is 0 Å². The van der Waals surface area contributed by atoms with Crippen molar-refractivity contribution in [2.75, 3.05) is 25.0 Å². The Morgan fingerprint density at radius 2 is 2.25 bits per heavy atom. The van der Waals surface area contributed by atoms with Crippen LogP contribution in [0.25, 0.3) is 6.08 Å². The van der Waals surface area contributed by atoms with Crippen LogP contribution >= 0.6 is 0 Å². The van der Waals surface area contributed by atoms with E-state index < -0.39 is 0 Å². The molecule has 1 atom stereocenters. The summed E-state index contributed by atoms with van der Waals surface area (Å²) in [5.41, 5.74) is 5.64. The van der Waals surface area contributed by atoms with Crippen LogP contribution in [0.15, 0.2) is 23.8 Å². The number of hydrogen-bond donors (Lipinski definition) is 1. The minimum atomic E-state index is 0.452. The number of fused-ring (bicyclic) bond motifs is 1. The lowest BCUT2D eigenvalue weighted by molar-refractivity contribution is 0.604. The third-order valence-electron chi connectivity index (χ3n) is 4.23. The number of hydrogen-bond acceptors (Lipinski definition) is 2. The van der Waals surface area contributed by atoms with Gasteiger partial charge in [-0.2, -0.15) is 0 Å². The minimum Gasteiger partial charge on any atom is -0.374 e. The van der Waals surface area contributed by atoms with Gasteiger partial charge in [0.05, 0.1) is 0 Å². The molecule has 1 aromatic rings. The zero-order valence-electron chi connectivity index (χ0n) is 13.4. The van der Waals surface area contributed by atoms with Crippen LogP contribution in [-0.4, -0.2) is 26.2 Å². The van der Waals surface area contributed by atoms with Gasteiger partial charge in [-0.05, 0) is 62.9 Å². The van der Waals surface area contributed by atoms with Gasteiger partial charge in [0.25, 0.3) is 0 Å². The van der Waals surface area contributed by atoms with E-state index in [0.29, 0.717) is 6.04 Å². The highest BCUT2D eigenvalue weighted by Gasteiger charge is 2.13. The molecule has 0 bridgehead atoms. The second-order valence-electron chi connectivity index (χ2n) is 5.98. The molecule has 0 fully saturated rings. The normalized spacial score (nSPS) is 17.0. The highest BCUT2D eigenvalue weighted by Crippen LogP contribution is 2.27. The quantitative estimate of drug-likeness (QED) is 0.875. The highest BCUT2D eigenvalue weighted by atomic mass is 15.1. The monoisotopic (exact) mass is 272 g/mol. The number of aryl methyl sites for hydroxylation is 1. The third kappa shape index (κ3) is 3.63. The highest BCUT2D eigenvalue weighted by molar-refractivity contribution is 5.63. The van der Waals surface area contributed by atoms with Crippen LogP contribution in [-0.2, 0) is 6.42 Å². The first-order valence-corrected chi connectivity index (χ1v) is 7.87. The van der Waals surface area contributed by atoms with Gasteiger partial charge in [-0.3, -0.25) is 0 Å². The Balaban J connectivity index is 2.13. The first-order chi connectivity index (χ1) is 9.61. The van der Waals surface area contributed by atoms with Crippen molar-refractivity contribution in [1.29, 1.82) is 0 Å². The van der Waals surface area contributed by atoms with Gasteiger partial charge >= 0.3 is 0 Å². The summed E-state index contributed by atoms with van der Waals surface area (Å²) < 4.78 is 0. The molecule has 0 saturated carbocycles. The lowest BCUT2D eigenvalue weighted by Gasteiger charge is -2.27. The van der Waals surface area contributed by atoms with E-state index in [2.05, 4.69) is 62.3 Å². The summed E-state index contributed by atoms with van der Waals surface area (Å²) in [6, 6.07) is 7.34. The first-order valence-electron chi connectivity index (χ1n) is 7.87. The Morgan fingerprint density at radius 3 is 3.00 bits per heavy atom. The van der Waals surface area contributed by atoms with Gasteiger partial charge in [-0.25, -0.2) is 0 Å². The van der Waals surface area contributed by atoms with Gasteiger partial charge in [-0.15, -0.1) is 0 Å². The van der Waals surface area contributed by atoms with E-state index >= 15 is 0 Å². The van der Waals surface area contributed by atoms with E-state index in [-0.39, 0.29) is 0 Å². The molecule has 1 aliphatic rings. The van der Waals surface area contributed by atoms with Gasteiger partial charge in [0.1, 0.15) is 0 Å². The zero-order valence-corrected chi connectivity index (χ0v) is 13.4. The number of benzene rings is 1. The smallest absolute Gasteiger partial charge is 0.0396 e. The molecule has 1 aromatic carbocycles. The Morgan fingerprint density at radius 1 is 1.45 bits per heavy atom. The summed E-state index contributed by atoms with van der Waals surface area (Å²) in [7, 11) is 2.19. The molecule has 2 rings (SSSR count). The predicted molar refractivity (Wildman–Crippen MR) is 89.4 cm³/mol. The lowest BCUT2D eigenvalue weighted by atomic mass is 9.98. The molecule has 0 amide bonds. The van der Waals surface area contributed by atoms with E-state index in [1.807, 2.05) is 0 Å². The fourth-order valence-electron chi connectivity index (χ4n) is 2.80. The molecule has 0 spiro atoms. The van der Waals surface area contributed by atoms with E-state index in [1.54, 1.807) is 0 Å². The molecule has 20 heavy (non-hydrogen) atoms. The second-order valence-corrected chi connectivity index (χ2v) is 5.98. The summed E-state index contributed by atoms with van der Waals surface area (Å²) in [5, 5.41) is 3.55. The molecular formula is C18H28N2. The molecule has 0 aliphatic carbocycles. The molecule has 0 saturated heterocycles. The topological polar surface area (TPSA) is 15.3 Å². The molecule has 1 heterocycles. The van der Waals surface area contributed by atoms with Crippen molar-refractivity contribution in [3.63, 3.8) is 0 Å². The van der Waals surface area contributed by atoms with Crippen LogP contribution in [0.4, 0.5) is 5.69 Å². The van der Waals surface area contributed by atoms with Crippen molar-refractivity contribution in [3.05, 3.63) is 34.9 Å². The van der Waals surface area contributed by atoms with Crippen molar-refractivity contribution < 1.29 is 0 Å². The molecule has 0 radical (unpaired) electrons. The molecule has 2 heteroatoms. The van der Waals surface area contributed by atoms with Gasteiger partial charge in [0.15, 0.2) is 0 Å². The molecule has 2 nitrogen and oxygen atoms in total. The lowest BCUT2D eigenvalue weighted by Crippen LogP contribution is -2.27. The Hall–Kier alpha value is -1.28. The number of anilines is 1. The molecule has 110 valence electrons. The summed E-state index contributed by atoms with van der Waals surface area (Å²) >= 11 is 0. The fourth-order valence-corrected chi connectivity index (χ4v) is 2.80. The average molecular weight is 272 g/mol. The maximum absolute atomic E-state index is 3.55. The van der Waals surface area contributed by atoms with Crippen molar-refractivity contribution >= 4 is 11.8 Å². The van der Waals surface area contributed by atoms with Gasteiger partial charge in [-0.1, -0.05) is 24.6 Å².